The molecule has 0 saturated heterocycles. The van der Waals surface area contributed by atoms with E-state index in [-0.39, 0.29) is 10.8 Å². The van der Waals surface area contributed by atoms with Crippen LogP contribution >= 0.6 is 0 Å². The van der Waals surface area contributed by atoms with E-state index in [1.165, 1.54) is 24.0 Å². The largest absolute Gasteiger partial charge is 0.0626 e. The normalized spacial score (nSPS) is 23.1. The van der Waals surface area contributed by atoms with Crippen molar-refractivity contribution in [2.75, 3.05) is 0 Å². The van der Waals surface area contributed by atoms with Gasteiger partial charge in [-0.05, 0) is 41.7 Å². The Kier molecular flexibility index (Phi) is 1.95. The van der Waals surface area contributed by atoms with Gasteiger partial charge in [-0.1, -0.05) is 51.4 Å². The first kappa shape index (κ1) is 9.45. The zero-order chi connectivity index (χ0) is 12.1. The average molecular weight is 203 g/mol. The number of aryl methyl sites for hydroxylation is 1. The highest BCUT2D eigenvalue weighted by Gasteiger charge is 2.36. The second kappa shape index (κ2) is 3.10. The van der Waals surface area contributed by atoms with Gasteiger partial charge in [-0.3, -0.25) is 0 Å². The fourth-order valence-electron chi connectivity index (χ4n) is 2.61. The molecule has 0 N–H and O–H groups in total. The monoisotopic (exact) mass is 203 g/mol. The van der Waals surface area contributed by atoms with E-state index in [0.29, 0.717) is 6.04 Å². The van der Waals surface area contributed by atoms with E-state index in [1.807, 2.05) is 6.92 Å². The van der Waals surface area contributed by atoms with Gasteiger partial charge < -0.3 is 0 Å². The summed E-state index contributed by atoms with van der Waals surface area (Å²) >= 11 is 0. The molecule has 1 aromatic carbocycles. The molecule has 2 rings (SSSR count). The SMILES string of the molecule is [2H]c1cc2c(cc1C)C(C)(C)CCC2(C)C. The summed E-state index contributed by atoms with van der Waals surface area (Å²) in [5.41, 5.74) is 4.44. The van der Waals surface area contributed by atoms with Crippen LogP contribution in [0.4, 0.5) is 0 Å². The molecule has 15 heavy (non-hydrogen) atoms. The van der Waals surface area contributed by atoms with Crippen LogP contribution in [0, 0.1) is 6.92 Å². The van der Waals surface area contributed by atoms with E-state index in [4.69, 9.17) is 1.37 Å². The molecule has 0 atom stereocenters. The lowest BCUT2D eigenvalue weighted by Crippen LogP contribution is -2.33. The Hall–Kier alpha value is -0.780. The van der Waals surface area contributed by atoms with E-state index < -0.39 is 0 Å². The van der Waals surface area contributed by atoms with Crippen molar-refractivity contribution in [2.24, 2.45) is 0 Å². The van der Waals surface area contributed by atoms with Crippen molar-refractivity contribution in [2.45, 2.75) is 58.3 Å². The molecule has 1 aromatic rings. The number of rotatable bonds is 0. The number of hydrogen-bond donors (Lipinski definition) is 0. The summed E-state index contributed by atoms with van der Waals surface area (Å²) in [5, 5.41) is 0. The number of benzene rings is 1. The highest BCUT2D eigenvalue weighted by Crippen LogP contribution is 2.45. The topological polar surface area (TPSA) is 0 Å². The second-order valence-electron chi connectivity index (χ2n) is 6.21. The molecule has 1 aliphatic carbocycles. The van der Waals surface area contributed by atoms with Gasteiger partial charge in [-0.25, -0.2) is 0 Å². The van der Waals surface area contributed by atoms with Gasteiger partial charge in [0.15, 0.2) is 0 Å². The van der Waals surface area contributed by atoms with Gasteiger partial charge in [0.2, 0.25) is 0 Å². The minimum atomic E-state index is 0.231. The van der Waals surface area contributed by atoms with Gasteiger partial charge in [0.25, 0.3) is 0 Å². The zero-order valence-corrected chi connectivity index (χ0v) is 10.6. The van der Waals surface area contributed by atoms with Crippen LogP contribution in [-0.2, 0) is 10.8 Å². The maximum absolute atomic E-state index is 7.97. The van der Waals surface area contributed by atoms with E-state index in [0.717, 1.165) is 5.56 Å². The van der Waals surface area contributed by atoms with Crippen molar-refractivity contribution in [3.05, 3.63) is 34.9 Å². The number of hydrogen-bond acceptors (Lipinski definition) is 0. The molecule has 0 aromatic heterocycles. The summed E-state index contributed by atoms with van der Waals surface area (Å²) in [6.07, 6.45) is 2.46. The molecule has 0 unspecified atom stereocenters. The molecule has 0 saturated carbocycles. The van der Waals surface area contributed by atoms with Crippen molar-refractivity contribution < 1.29 is 1.37 Å². The Morgan fingerprint density at radius 1 is 1.07 bits per heavy atom. The maximum atomic E-state index is 7.97. The van der Waals surface area contributed by atoms with Gasteiger partial charge in [0.05, 0.1) is 1.37 Å². The fraction of sp³-hybridized carbons (Fsp3) is 0.600. The van der Waals surface area contributed by atoms with Crippen LogP contribution in [0.3, 0.4) is 0 Å². The maximum Gasteiger partial charge on any atom is 0.0626 e. The predicted octanol–water partition coefficient (Wildman–Crippen LogP) is 4.34. The lowest BCUT2D eigenvalue weighted by molar-refractivity contribution is 0.331. The highest BCUT2D eigenvalue weighted by molar-refractivity contribution is 5.43. The zero-order valence-electron chi connectivity index (χ0n) is 11.6. The highest BCUT2D eigenvalue weighted by atomic mass is 14.4. The Labute approximate surface area is 95.1 Å². The van der Waals surface area contributed by atoms with Crippen LogP contribution in [0.15, 0.2) is 18.2 Å². The van der Waals surface area contributed by atoms with Crippen LogP contribution < -0.4 is 0 Å². The first-order valence-electron chi connectivity index (χ1n) is 6.36. The van der Waals surface area contributed by atoms with Gasteiger partial charge in [0, 0.05) is 0 Å². The minimum Gasteiger partial charge on any atom is -0.0590 e. The quantitative estimate of drug-likeness (QED) is 0.588. The molecule has 0 aliphatic heterocycles. The second-order valence-corrected chi connectivity index (χ2v) is 6.21. The molecule has 1 aliphatic rings. The molecule has 0 nitrogen and oxygen atoms in total. The minimum absolute atomic E-state index is 0.231. The van der Waals surface area contributed by atoms with Crippen molar-refractivity contribution >= 4 is 0 Å². The summed E-state index contributed by atoms with van der Waals surface area (Å²) in [6, 6.07) is 5.01. The average Bonchev–Trinajstić information content (AvgIpc) is 2.17. The Balaban J connectivity index is 2.70. The summed E-state index contributed by atoms with van der Waals surface area (Å²) in [5.74, 6) is 0. The molecule has 0 spiro atoms. The molecular weight excluding hydrogens is 180 g/mol. The standard InChI is InChI=1S/C15H22/c1-11-6-7-12-13(10-11)15(4,5)9-8-14(12,2)3/h6-7,10H,8-9H2,1-5H3/i6D. The van der Waals surface area contributed by atoms with Crippen LogP contribution in [0.25, 0.3) is 0 Å². The smallest absolute Gasteiger partial charge is 0.0590 e. The fourth-order valence-corrected chi connectivity index (χ4v) is 2.61. The predicted molar refractivity (Wildman–Crippen MR) is 66.5 cm³/mol. The van der Waals surface area contributed by atoms with Crippen LogP contribution in [0.5, 0.6) is 0 Å². The van der Waals surface area contributed by atoms with Gasteiger partial charge in [-0.15, -0.1) is 0 Å². The van der Waals surface area contributed by atoms with Gasteiger partial charge in [-0.2, -0.15) is 0 Å². The lowest BCUT2D eigenvalue weighted by atomic mass is 9.63. The molecule has 0 bridgehead atoms. The van der Waals surface area contributed by atoms with Crippen LogP contribution in [0.2, 0.25) is 0 Å². The molecule has 0 radical (unpaired) electrons. The lowest BCUT2D eigenvalue weighted by Gasteiger charge is -2.42. The molecule has 0 amide bonds. The van der Waals surface area contributed by atoms with E-state index in [1.54, 1.807) is 0 Å². The summed E-state index contributed by atoms with van der Waals surface area (Å²) in [4.78, 5) is 0. The summed E-state index contributed by atoms with van der Waals surface area (Å²) in [6.45, 7) is 11.3. The van der Waals surface area contributed by atoms with Crippen molar-refractivity contribution in [3.63, 3.8) is 0 Å². The Bertz CT molecular complexity index is 386. The van der Waals surface area contributed by atoms with Crippen LogP contribution in [0.1, 0.15) is 58.6 Å². The molecule has 0 heterocycles. The Morgan fingerprint density at radius 3 is 2.20 bits per heavy atom. The number of fused-ring (bicyclic) bond motifs is 1. The van der Waals surface area contributed by atoms with E-state index in [9.17, 15) is 0 Å². The summed E-state index contributed by atoms with van der Waals surface area (Å²) in [7, 11) is 0. The molecule has 0 fully saturated rings. The molecular formula is C15H22. The van der Waals surface area contributed by atoms with Crippen molar-refractivity contribution in [1.82, 2.24) is 0 Å². The van der Waals surface area contributed by atoms with Crippen molar-refractivity contribution in [1.29, 1.82) is 0 Å². The van der Waals surface area contributed by atoms with Gasteiger partial charge >= 0.3 is 0 Å². The van der Waals surface area contributed by atoms with E-state index >= 15 is 0 Å². The Morgan fingerprint density at radius 2 is 1.60 bits per heavy atom. The van der Waals surface area contributed by atoms with Crippen molar-refractivity contribution in [3.8, 4) is 0 Å². The van der Waals surface area contributed by atoms with Gasteiger partial charge in [0.1, 0.15) is 0 Å². The molecule has 82 valence electrons. The van der Waals surface area contributed by atoms with E-state index in [2.05, 4.69) is 39.8 Å². The molecule has 0 heteroatoms. The third-order valence-electron chi connectivity index (χ3n) is 3.93. The third-order valence-corrected chi connectivity index (χ3v) is 3.93. The summed E-state index contributed by atoms with van der Waals surface area (Å²) < 4.78 is 7.97. The first-order chi connectivity index (χ1) is 7.24. The van der Waals surface area contributed by atoms with Crippen LogP contribution in [-0.4, -0.2) is 0 Å². The third kappa shape index (κ3) is 1.71. The first-order valence-corrected chi connectivity index (χ1v) is 5.86.